The number of aromatic carboxylic acids is 1. The van der Waals surface area contributed by atoms with E-state index in [1.165, 1.54) is 12.1 Å². The second-order valence-electron chi connectivity index (χ2n) is 3.56. The second kappa shape index (κ2) is 5.60. The number of nitrogens with zero attached hydrogens (tertiary/aromatic N) is 1. The highest BCUT2D eigenvalue weighted by Crippen LogP contribution is 2.37. The fourth-order valence-corrected chi connectivity index (χ4v) is 4.99. The van der Waals surface area contributed by atoms with Crippen molar-refractivity contribution in [2.24, 2.45) is 0 Å². The van der Waals surface area contributed by atoms with Crippen LogP contribution in [-0.4, -0.2) is 24.4 Å². The van der Waals surface area contributed by atoms with Gasteiger partial charge in [-0.1, -0.05) is 11.6 Å². The van der Waals surface area contributed by atoms with Gasteiger partial charge < -0.3 is 5.11 Å². The van der Waals surface area contributed by atoms with Crippen molar-refractivity contribution in [2.75, 3.05) is 4.72 Å². The van der Waals surface area contributed by atoms with E-state index in [4.69, 9.17) is 16.7 Å². The molecule has 2 aromatic rings. The van der Waals surface area contributed by atoms with Crippen LogP contribution in [0.25, 0.3) is 0 Å². The molecule has 0 amide bonds. The zero-order valence-electron chi connectivity index (χ0n) is 9.77. The SMILES string of the molecule is O=C(O)c1ccc(NS(=O)(=O)c2cc([N+](=O)[O-])c(Cl)s2)s1. The summed E-state index contributed by atoms with van der Waals surface area (Å²) < 4.78 is 25.7. The maximum absolute atomic E-state index is 12.0. The second-order valence-corrected chi connectivity index (χ2v) is 8.20. The molecule has 0 aliphatic heterocycles. The summed E-state index contributed by atoms with van der Waals surface area (Å²) in [4.78, 5) is 20.5. The first-order chi connectivity index (χ1) is 9.70. The molecule has 0 fully saturated rings. The number of nitro groups is 1. The summed E-state index contributed by atoms with van der Waals surface area (Å²) in [6.45, 7) is 0. The van der Waals surface area contributed by atoms with Crippen LogP contribution >= 0.6 is 34.3 Å². The van der Waals surface area contributed by atoms with Crippen molar-refractivity contribution < 1.29 is 23.2 Å². The fourth-order valence-electron chi connectivity index (χ4n) is 1.29. The number of carbonyl (C=O) groups is 1. The zero-order chi connectivity index (χ0) is 15.8. The van der Waals surface area contributed by atoms with Crippen LogP contribution in [0.15, 0.2) is 22.4 Å². The molecule has 8 nitrogen and oxygen atoms in total. The minimum absolute atomic E-state index is 0.0390. The van der Waals surface area contributed by atoms with Crippen LogP contribution in [0.1, 0.15) is 9.67 Å². The Morgan fingerprint density at radius 1 is 1.38 bits per heavy atom. The maximum atomic E-state index is 12.0. The zero-order valence-corrected chi connectivity index (χ0v) is 13.0. The van der Waals surface area contributed by atoms with Gasteiger partial charge in [-0.3, -0.25) is 14.8 Å². The number of anilines is 1. The van der Waals surface area contributed by atoms with Crippen LogP contribution < -0.4 is 4.72 Å². The number of thiophene rings is 2. The molecule has 0 saturated heterocycles. The van der Waals surface area contributed by atoms with E-state index in [0.717, 1.165) is 17.4 Å². The number of carboxylic acid groups (broad SMARTS) is 1. The molecule has 2 rings (SSSR count). The van der Waals surface area contributed by atoms with Crippen molar-refractivity contribution in [1.29, 1.82) is 0 Å². The molecule has 0 aliphatic carbocycles. The fraction of sp³-hybridized carbons (Fsp3) is 0. The minimum Gasteiger partial charge on any atom is -0.477 e. The lowest BCUT2D eigenvalue weighted by molar-refractivity contribution is -0.384. The smallest absolute Gasteiger partial charge is 0.345 e. The molecule has 0 saturated carbocycles. The summed E-state index contributed by atoms with van der Waals surface area (Å²) in [6.07, 6.45) is 0. The van der Waals surface area contributed by atoms with Crippen LogP contribution in [0.2, 0.25) is 4.34 Å². The molecule has 0 radical (unpaired) electrons. The van der Waals surface area contributed by atoms with Crippen molar-refractivity contribution in [3.05, 3.63) is 37.5 Å². The summed E-state index contributed by atoms with van der Waals surface area (Å²) in [5.74, 6) is -1.18. The predicted molar refractivity (Wildman–Crippen MR) is 78.1 cm³/mol. The number of halogens is 1. The molecule has 21 heavy (non-hydrogen) atoms. The predicted octanol–water partition coefficient (Wildman–Crippen LogP) is 2.87. The number of sulfonamides is 1. The molecule has 0 unspecified atom stereocenters. The van der Waals surface area contributed by atoms with Crippen LogP contribution in [0.4, 0.5) is 10.7 Å². The van der Waals surface area contributed by atoms with Gasteiger partial charge in [0.15, 0.2) is 4.34 Å². The van der Waals surface area contributed by atoms with Crippen molar-refractivity contribution >= 4 is 61.0 Å². The Labute approximate surface area is 130 Å². The third-order valence-corrected chi connectivity index (χ3v) is 6.45. The van der Waals surface area contributed by atoms with E-state index < -0.39 is 26.6 Å². The van der Waals surface area contributed by atoms with E-state index in [-0.39, 0.29) is 18.4 Å². The number of carboxylic acids is 1. The molecule has 112 valence electrons. The Morgan fingerprint density at radius 3 is 2.52 bits per heavy atom. The lowest BCUT2D eigenvalue weighted by Crippen LogP contribution is -2.10. The van der Waals surface area contributed by atoms with E-state index >= 15 is 0 Å². The monoisotopic (exact) mass is 368 g/mol. The number of rotatable bonds is 5. The van der Waals surface area contributed by atoms with Gasteiger partial charge in [0.2, 0.25) is 0 Å². The van der Waals surface area contributed by atoms with E-state index in [1.807, 2.05) is 0 Å². The van der Waals surface area contributed by atoms with Gasteiger partial charge >= 0.3 is 5.97 Å². The summed E-state index contributed by atoms with van der Waals surface area (Å²) in [5, 5.41) is 19.5. The Morgan fingerprint density at radius 2 is 2.05 bits per heavy atom. The summed E-state index contributed by atoms with van der Waals surface area (Å²) in [7, 11) is -4.06. The highest BCUT2D eigenvalue weighted by atomic mass is 35.5. The molecule has 0 bridgehead atoms. The van der Waals surface area contributed by atoms with Crippen molar-refractivity contribution in [2.45, 2.75) is 4.21 Å². The van der Waals surface area contributed by atoms with Gasteiger partial charge in [-0.25, -0.2) is 13.2 Å². The normalized spacial score (nSPS) is 11.3. The van der Waals surface area contributed by atoms with E-state index in [9.17, 15) is 23.3 Å². The third-order valence-electron chi connectivity index (χ3n) is 2.16. The van der Waals surface area contributed by atoms with Gasteiger partial charge in [0.05, 0.1) is 4.92 Å². The Balaban J connectivity index is 2.31. The van der Waals surface area contributed by atoms with Gasteiger partial charge in [0.25, 0.3) is 15.7 Å². The topological polar surface area (TPSA) is 127 Å². The molecule has 2 aromatic heterocycles. The number of nitrogens with one attached hydrogen (secondary N) is 1. The van der Waals surface area contributed by atoms with Gasteiger partial charge in [-0.15, -0.1) is 22.7 Å². The van der Waals surface area contributed by atoms with Gasteiger partial charge in [-0.05, 0) is 12.1 Å². The maximum Gasteiger partial charge on any atom is 0.345 e. The highest BCUT2D eigenvalue weighted by Gasteiger charge is 2.25. The van der Waals surface area contributed by atoms with Crippen LogP contribution in [-0.2, 0) is 10.0 Å². The average Bonchev–Trinajstić information content (AvgIpc) is 2.95. The van der Waals surface area contributed by atoms with Gasteiger partial charge in [0, 0.05) is 6.07 Å². The summed E-state index contributed by atoms with van der Waals surface area (Å²) in [5.41, 5.74) is -0.501. The van der Waals surface area contributed by atoms with Crippen LogP contribution in [0, 0.1) is 10.1 Å². The average molecular weight is 369 g/mol. The molecule has 2 heterocycles. The quantitative estimate of drug-likeness (QED) is 0.617. The van der Waals surface area contributed by atoms with Crippen molar-refractivity contribution in [3.8, 4) is 0 Å². The van der Waals surface area contributed by atoms with Crippen LogP contribution in [0.5, 0.6) is 0 Å². The van der Waals surface area contributed by atoms with E-state index in [1.54, 1.807) is 0 Å². The molecule has 0 aliphatic rings. The first kappa shape index (κ1) is 15.7. The number of hydrogen-bond acceptors (Lipinski definition) is 7. The third kappa shape index (κ3) is 3.32. The number of hydrogen-bond donors (Lipinski definition) is 2. The van der Waals surface area contributed by atoms with Crippen molar-refractivity contribution in [3.63, 3.8) is 0 Å². The molecule has 2 N–H and O–H groups in total. The Hall–Kier alpha value is -1.69. The first-order valence-corrected chi connectivity index (χ1v) is 8.50. The minimum atomic E-state index is -4.06. The largest absolute Gasteiger partial charge is 0.477 e. The van der Waals surface area contributed by atoms with E-state index in [0.29, 0.717) is 11.3 Å². The highest BCUT2D eigenvalue weighted by molar-refractivity contribution is 7.95. The summed E-state index contributed by atoms with van der Waals surface area (Å²) >= 11 is 6.88. The molecule has 0 spiro atoms. The lowest BCUT2D eigenvalue weighted by atomic mass is 10.5. The summed E-state index contributed by atoms with van der Waals surface area (Å²) in [6, 6.07) is 3.38. The van der Waals surface area contributed by atoms with Gasteiger partial charge in [0.1, 0.15) is 14.1 Å². The first-order valence-electron chi connectivity index (χ1n) is 5.00. The van der Waals surface area contributed by atoms with Crippen molar-refractivity contribution in [1.82, 2.24) is 0 Å². The molecule has 12 heteroatoms. The van der Waals surface area contributed by atoms with Crippen LogP contribution in [0.3, 0.4) is 0 Å². The standard InChI is InChI=1S/C9H5ClN2O6S3/c10-8-4(12(15)16)3-7(20-8)21(17,18)11-6-2-1-5(19-6)9(13)14/h1-3,11H,(H,13,14). The molecular weight excluding hydrogens is 364 g/mol. The lowest BCUT2D eigenvalue weighted by Gasteiger charge is -2.01. The Bertz CT molecular complexity index is 824. The van der Waals surface area contributed by atoms with Gasteiger partial charge in [-0.2, -0.15) is 0 Å². The Kier molecular flexibility index (Phi) is 4.18. The molecule has 0 atom stereocenters. The van der Waals surface area contributed by atoms with E-state index in [2.05, 4.69) is 4.72 Å². The molecular formula is C9H5ClN2O6S3. The molecule has 0 aromatic carbocycles.